The summed E-state index contributed by atoms with van der Waals surface area (Å²) in [5, 5.41) is 3.10. The molecule has 25 heavy (non-hydrogen) atoms. The van der Waals surface area contributed by atoms with Gasteiger partial charge in [0.05, 0.1) is 5.56 Å². The van der Waals surface area contributed by atoms with Gasteiger partial charge in [-0.2, -0.15) is 13.2 Å². The number of carbonyl (C=O) groups excluding carboxylic acids is 1. The quantitative estimate of drug-likeness (QED) is 0.734. The zero-order valence-electron chi connectivity index (χ0n) is 12.8. The summed E-state index contributed by atoms with van der Waals surface area (Å²) in [5.74, 6) is -0.653. The summed E-state index contributed by atoms with van der Waals surface area (Å²) in [7, 11) is 0. The topological polar surface area (TPSA) is 59.3 Å². The van der Waals surface area contributed by atoms with E-state index >= 15 is 0 Å². The number of rotatable bonds is 3. The average molecular weight is 347 g/mol. The normalized spacial score (nSPS) is 11.5. The van der Waals surface area contributed by atoms with Crippen LogP contribution in [0.15, 0.2) is 63.8 Å². The van der Waals surface area contributed by atoms with Crippen LogP contribution in [-0.2, 0) is 12.7 Å². The lowest BCUT2D eigenvalue weighted by Crippen LogP contribution is -2.27. The van der Waals surface area contributed by atoms with Crippen molar-refractivity contribution in [1.82, 2.24) is 5.32 Å². The van der Waals surface area contributed by atoms with E-state index in [1.54, 1.807) is 24.3 Å². The molecule has 1 amide bonds. The Morgan fingerprint density at radius 3 is 2.40 bits per heavy atom. The van der Waals surface area contributed by atoms with Crippen molar-refractivity contribution in [3.05, 3.63) is 81.7 Å². The molecule has 0 fully saturated rings. The molecule has 0 aliphatic heterocycles. The van der Waals surface area contributed by atoms with Gasteiger partial charge >= 0.3 is 11.8 Å². The highest BCUT2D eigenvalue weighted by Gasteiger charge is 2.29. The van der Waals surface area contributed by atoms with E-state index in [9.17, 15) is 22.8 Å². The molecule has 0 bridgehead atoms. The number of hydrogen-bond donors (Lipinski definition) is 1. The molecule has 0 atom stereocenters. The smallest absolute Gasteiger partial charge is 0.416 e. The summed E-state index contributed by atoms with van der Waals surface area (Å²) >= 11 is 0. The second-order valence-corrected chi connectivity index (χ2v) is 5.36. The molecule has 3 aromatic rings. The monoisotopic (exact) mass is 347 g/mol. The molecule has 1 heterocycles. The maximum Gasteiger partial charge on any atom is 0.416 e. The SMILES string of the molecule is O=C(NCc1ccc(C(F)(F)F)cc1)c1cc2ccccc2oc1=O. The zero-order chi connectivity index (χ0) is 18.0. The van der Waals surface area contributed by atoms with Gasteiger partial charge in [0.2, 0.25) is 0 Å². The summed E-state index contributed by atoms with van der Waals surface area (Å²) in [6.07, 6.45) is -4.41. The van der Waals surface area contributed by atoms with Gasteiger partial charge in [0.1, 0.15) is 11.1 Å². The van der Waals surface area contributed by atoms with Gasteiger partial charge in [0, 0.05) is 11.9 Å². The number of halogens is 3. The van der Waals surface area contributed by atoms with Crippen molar-refractivity contribution in [1.29, 1.82) is 0 Å². The molecule has 0 aliphatic rings. The summed E-state index contributed by atoms with van der Waals surface area (Å²) in [6, 6.07) is 12.6. The first-order valence-electron chi connectivity index (χ1n) is 7.32. The van der Waals surface area contributed by atoms with Crippen LogP contribution in [0.5, 0.6) is 0 Å². The Hall–Kier alpha value is -3.09. The third-order valence-electron chi connectivity index (χ3n) is 3.62. The van der Waals surface area contributed by atoms with Gasteiger partial charge < -0.3 is 9.73 Å². The van der Waals surface area contributed by atoms with Crippen LogP contribution in [0.1, 0.15) is 21.5 Å². The molecule has 0 aliphatic carbocycles. The van der Waals surface area contributed by atoms with Gasteiger partial charge in [-0.15, -0.1) is 0 Å². The van der Waals surface area contributed by atoms with Gasteiger partial charge in [-0.05, 0) is 29.8 Å². The maximum atomic E-state index is 12.5. The zero-order valence-corrected chi connectivity index (χ0v) is 12.8. The van der Waals surface area contributed by atoms with Crippen LogP contribution in [0.3, 0.4) is 0 Å². The number of nitrogens with one attached hydrogen (secondary N) is 1. The highest BCUT2D eigenvalue weighted by Crippen LogP contribution is 2.29. The molecule has 2 aromatic carbocycles. The Morgan fingerprint density at radius 1 is 1.04 bits per heavy atom. The van der Waals surface area contributed by atoms with E-state index in [0.717, 1.165) is 12.1 Å². The van der Waals surface area contributed by atoms with Crippen LogP contribution < -0.4 is 10.9 Å². The maximum absolute atomic E-state index is 12.5. The fourth-order valence-corrected chi connectivity index (χ4v) is 2.31. The Kier molecular flexibility index (Phi) is 4.31. The third-order valence-corrected chi connectivity index (χ3v) is 3.62. The van der Waals surface area contributed by atoms with Crippen molar-refractivity contribution in [2.45, 2.75) is 12.7 Å². The minimum absolute atomic E-state index is 0.0107. The summed E-state index contributed by atoms with van der Waals surface area (Å²) in [6.45, 7) is -0.0107. The van der Waals surface area contributed by atoms with Crippen LogP contribution in [0.2, 0.25) is 0 Å². The van der Waals surface area contributed by atoms with Gasteiger partial charge in [0.25, 0.3) is 5.91 Å². The lowest BCUT2D eigenvalue weighted by atomic mass is 10.1. The van der Waals surface area contributed by atoms with Gasteiger partial charge in [-0.25, -0.2) is 4.79 Å². The second-order valence-electron chi connectivity index (χ2n) is 5.36. The van der Waals surface area contributed by atoms with E-state index in [1.165, 1.54) is 18.2 Å². The van der Waals surface area contributed by atoms with Crippen LogP contribution in [-0.4, -0.2) is 5.91 Å². The minimum Gasteiger partial charge on any atom is -0.422 e. The third kappa shape index (κ3) is 3.71. The number of amides is 1. The molecule has 1 N–H and O–H groups in total. The van der Waals surface area contributed by atoms with E-state index < -0.39 is 23.3 Å². The minimum atomic E-state index is -4.41. The number of alkyl halides is 3. The fourth-order valence-electron chi connectivity index (χ4n) is 2.31. The summed E-state index contributed by atoms with van der Waals surface area (Å²) < 4.78 is 42.6. The Balaban J connectivity index is 1.74. The van der Waals surface area contributed by atoms with Crippen molar-refractivity contribution >= 4 is 16.9 Å². The molecule has 3 rings (SSSR count). The Labute approximate surface area is 139 Å². The van der Waals surface area contributed by atoms with Gasteiger partial charge in [-0.1, -0.05) is 30.3 Å². The molecule has 7 heteroatoms. The number of carbonyl (C=O) groups is 1. The molecule has 128 valence electrons. The van der Waals surface area contributed by atoms with E-state index in [4.69, 9.17) is 4.42 Å². The predicted molar refractivity (Wildman–Crippen MR) is 85.1 cm³/mol. The lowest BCUT2D eigenvalue weighted by Gasteiger charge is -2.08. The molecular weight excluding hydrogens is 335 g/mol. The van der Waals surface area contributed by atoms with Crippen LogP contribution in [0.25, 0.3) is 11.0 Å². The number of benzene rings is 2. The largest absolute Gasteiger partial charge is 0.422 e. The van der Waals surface area contributed by atoms with Gasteiger partial charge in [0.15, 0.2) is 0 Å². The molecule has 0 spiro atoms. The van der Waals surface area contributed by atoms with E-state index in [2.05, 4.69) is 5.32 Å². The predicted octanol–water partition coefficient (Wildman–Crippen LogP) is 3.74. The van der Waals surface area contributed by atoms with Crippen molar-refractivity contribution in [2.24, 2.45) is 0 Å². The second kappa shape index (κ2) is 6.43. The standard InChI is InChI=1S/C18H12F3NO3/c19-18(20,21)13-7-5-11(6-8-13)10-22-16(23)14-9-12-3-1-2-4-15(12)25-17(14)24/h1-9H,10H2,(H,22,23). The lowest BCUT2D eigenvalue weighted by molar-refractivity contribution is -0.137. The molecular formula is C18H12F3NO3. The number of para-hydroxylation sites is 1. The number of hydrogen-bond acceptors (Lipinski definition) is 3. The van der Waals surface area contributed by atoms with Crippen LogP contribution in [0, 0.1) is 0 Å². The van der Waals surface area contributed by atoms with Crippen molar-refractivity contribution in [3.63, 3.8) is 0 Å². The van der Waals surface area contributed by atoms with Crippen LogP contribution in [0.4, 0.5) is 13.2 Å². The van der Waals surface area contributed by atoms with E-state index in [0.29, 0.717) is 16.5 Å². The van der Waals surface area contributed by atoms with Gasteiger partial charge in [-0.3, -0.25) is 4.79 Å². The van der Waals surface area contributed by atoms with Crippen molar-refractivity contribution < 1.29 is 22.4 Å². The Bertz CT molecular complexity index is 975. The molecule has 0 unspecified atom stereocenters. The molecule has 0 saturated carbocycles. The first-order chi connectivity index (χ1) is 11.8. The van der Waals surface area contributed by atoms with E-state index in [1.807, 2.05) is 0 Å². The van der Waals surface area contributed by atoms with E-state index in [-0.39, 0.29) is 12.1 Å². The first kappa shape index (κ1) is 16.8. The van der Waals surface area contributed by atoms with Crippen molar-refractivity contribution in [3.8, 4) is 0 Å². The molecule has 0 radical (unpaired) electrons. The molecule has 0 saturated heterocycles. The average Bonchev–Trinajstić information content (AvgIpc) is 2.58. The van der Waals surface area contributed by atoms with Crippen molar-refractivity contribution in [2.75, 3.05) is 0 Å². The molecule has 1 aromatic heterocycles. The fraction of sp³-hybridized carbons (Fsp3) is 0.111. The first-order valence-corrected chi connectivity index (χ1v) is 7.32. The Morgan fingerprint density at radius 2 is 1.72 bits per heavy atom. The summed E-state index contributed by atoms with van der Waals surface area (Å²) in [5.41, 5.74) is -0.856. The highest BCUT2D eigenvalue weighted by molar-refractivity contribution is 5.96. The van der Waals surface area contributed by atoms with Crippen LogP contribution >= 0.6 is 0 Å². The number of fused-ring (bicyclic) bond motifs is 1. The molecule has 4 nitrogen and oxygen atoms in total. The highest BCUT2D eigenvalue weighted by atomic mass is 19.4. The summed E-state index contributed by atoms with van der Waals surface area (Å²) in [4.78, 5) is 24.0.